The van der Waals surface area contributed by atoms with E-state index in [-0.39, 0.29) is 12.4 Å². The first-order chi connectivity index (χ1) is 13.0. The summed E-state index contributed by atoms with van der Waals surface area (Å²) in [5, 5.41) is 0. The molecule has 0 aliphatic carbocycles. The molecule has 0 unspecified atom stereocenters. The van der Waals surface area contributed by atoms with Gasteiger partial charge in [0.1, 0.15) is 17.2 Å². The van der Waals surface area contributed by atoms with E-state index in [9.17, 15) is 9.59 Å². The second-order valence-electron chi connectivity index (χ2n) is 5.32. The lowest BCUT2D eigenvalue weighted by Gasteiger charge is -2.07. The van der Waals surface area contributed by atoms with Crippen LogP contribution < -0.4 is 14.2 Å². The van der Waals surface area contributed by atoms with Gasteiger partial charge >= 0.3 is 5.97 Å². The lowest BCUT2D eigenvalue weighted by Crippen LogP contribution is -2.12. The van der Waals surface area contributed by atoms with Crippen LogP contribution in [0.5, 0.6) is 17.2 Å². The number of hydrogen-bond acceptors (Lipinski definition) is 6. The third-order valence-electron chi connectivity index (χ3n) is 3.66. The molecule has 142 valence electrons. The lowest BCUT2D eigenvalue weighted by molar-refractivity contribution is -0.136. The van der Waals surface area contributed by atoms with E-state index in [2.05, 4.69) is 15.9 Å². The third kappa shape index (κ3) is 5.59. The van der Waals surface area contributed by atoms with Gasteiger partial charge in [0.05, 0.1) is 25.8 Å². The quantitative estimate of drug-likeness (QED) is 0.356. The molecule has 0 aliphatic heterocycles. The molecule has 0 saturated heterocycles. The summed E-state index contributed by atoms with van der Waals surface area (Å²) in [6.45, 7) is -0.364. The maximum absolute atomic E-state index is 12.2. The Labute approximate surface area is 165 Å². The smallest absolute Gasteiger partial charge is 0.331 e. The number of methoxy groups -OCH3 is 3. The monoisotopic (exact) mass is 434 g/mol. The van der Waals surface area contributed by atoms with Crippen molar-refractivity contribution in [1.82, 2.24) is 0 Å². The summed E-state index contributed by atoms with van der Waals surface area (Å²) >= 11 is 3.31. The Morgan fingerprint density at radius 3 is 2.30 bits per heavy atom. The fraction of sp³-hybridized carbons (Fsp3) is 0.200. The summed E-state index contributed by atoms with van der Waals surface area (Å²) in [6, 6.07) is 10.1. The maximum Gasteiger partial charge on any atom is 0.331 e. The molecule has 2 aromatic rings. The summed E-state index contributed by atoms with van der Waals surface area (Å²) in [5.41, 5.74) is 1.06. The fourth-order valence-corrected chi connectivity index (χ4v) is 2.78. The van der Waals surface area contributed by atoms with Gasteiger partial charge in [-0.2, -0.15) is 0 Å². The van der Waals surface area contributed by atoms with Crippen LogP contribution in [0.25, 0.3) is 6.08 Å². The molecule has 0 saturated carbocycles. The number of benzene rings is 2. The van der Waals surface area contributed by atoms with Crippen molar-refractivity contribution in [3.05, 3.63) is 58.1 Å². The SMILES string of the molecule is COc1ccc(OC)c(/C=C/C(=O)OCC(=O)c2ccc(OC)c(Br)c2)c1. The molecule has 27 heavy (non-hydrogen) atoms. The fourth-order valence-electron chi connectivity index (χ4n) is 2.24. The van der Waals surface area contributed by atoms with Gasteiger partial charge in [0, 0.05) is 17.2 Å². The van der Waals surface area contributed by atoms with Crippen LogP contribution in [0.1, 0.15) is 15.9 Å². The molecule has 7 heteroatoms. The first-order valence-electron chi connectivity index (χ1n) is 7.92. The molecular weight excluding hydrogens is 416 g/mol. The van der Waals surface area contributed by atoms with Crippen LogP contribution in [0, 0.1) is 0 Å². The van der Waals surface area contributed by atoms with Gasteiger partial charge in [-0.1, -0.05) is 0 Å². The molecule has 0 amide bonds. The van der Waals surface area contributed by atoms with Crippen molar-refractivity contribution < 1.29 is 28.5 Å². The molecule has 0 fully saturated rings. The zero-order valence-corrected chi connectivity index (χ0v) is 16.7. The van der Waals surface area contributed by atoms with Crippen LogP contribution in [0.15, 0.2) is 46.9 Å². The highest BCUT2D eigenvalue weighted by atomic mass is 79.9. The van der Waals surface area contributed by atoms with E-state index in [0.29, 0.717) is 32.8 Å². The molecular formula is C20H19BrO6. The topological polar surface area (TPSA) is 71.1 Å². The molecule has 2 rings (SSSR count). The second kappa shape index (κ2) is 9.78. The van der Waals surface area contributed by atoms with Crippen molar-refractivity contribution in [3.8, 4) is 17.2 Å². The molecule has 0 radical (unpaired) electrons. The summed E-state index contributed by atoms with van der Waals surface area (Å²) in [5.74, 6) is 0.863. The van der Waals surface area contributed by atoms with Gasteiger partial charge < -0.3 is 18.9 Å². The Morgan fingerprint density at radius 1 is 0.963 bits per heavy atom. The van der Waals surface area contributed by atoms with Crippen molar-refractivity contribution >= 4 is 33.8 Å². The molecule has 0 heterocycles. The van der Waals surface area contributed by atoms with Crippen molar-refractivity contribution in [2.75, 3.05) is 27.9 Å². The van der Waals surface area contributed by atoms with Gasteiger partial charge in [-0.25, -0.2) is 4.79 Å². The number of ketones is 1. The third-order valence-corrected chi connectivity index (χ3v) is 4.27. The van der Waals surface area contributed by atoms with Crippen LogP contribution >= 0.6 is 15.9 Å². The predicted molar refractivity (Wildman–Crippen MR) is 105 cm³/mol. The number of carbonyl (C=O) groups is 2. The standard InChI is InChI=1S/C20H19BrO6/c1-24-15-6-8-18(25-2)14(10-15)5-9-20(23)27-12-17(22)13-4-7-19(26-3)16(21)11-13/h4-11H,12H2,1-3H3/b9-5+. The minimum atomic E-state index is -0.638. The second-order valence-corrected chi connectivity index (χ2v) is 6.18. The van der Waals surface area contributed by atoms with Crippen LogP contribution in [-0.4, -0.2) is 39.7 Å². The van der Waals surface area contributed by atoms with Gasteiger partial charge in [0.25, 0.3) is 0 Å². The van der Waals surface area contributed by atoms with Crippen LogP contribution in [0.2, 0.25) is 0 Å². The minimum absolute atomic E-state index is 0.320. The van der Waals surface area contributed by atoms with Crippen LogP contribution in [0.4, 0.5) is 0 Å². The summed E-state index contributed by atoms with van der Waals surface area (Å²) < 4.78 is 21.2. The van der Waals surface area contributed by atoms with E-state index >= 15 is 0 Å². The Morgan fingerprint density at radius 2 is 1.67 bits per heavy atom. The van der Waals surface area contributed by atoms with Gasteiger partial charge in [0.15, 0.2) is 12.4 Å². The van der Waals surface area contributed by atoms with Gasteiger partial charge in [-0.15, -0.1) is 0 Å². The number of esters is 1. The first kappa shape index (κ1) is 20.5. The lowest BCUT2D eigenvalue weighted by atomic mass is 10.1. The van der Waals surface area contributed by atoms with Crippen molar-refractivity contribution in [2.45, 2.75) is 0 Å². The van der Waals surface area contributed by atoms with Crippen molar-refractivity contribution in [2.24, 2.45) is 0 Å². The maximum atomic E-state index is 12.2. The highest BCUT2D eigenvalue weighted by Gasteiger charge is 2.11. The predicted octanol–water partition coefficient (Wildman–Crippen LogP) is 3.91. The molecule has 0 N–H and O–H groups in total. The molecule has 0 aliphatic rings. The highest BCUT2D eigenvalue weighted by Crippen LogP contribution is 2.26. The molecule has 6 nitrogen and oxygen atoms in total. The van der Waals surface area contributed by atoms with Crippen molar-refractivity contribution in [3.63, 3.8) is 0 Å². The van der Waals surface area contributed by atoms with Gasteiger partial charge in [-0.3, -0.25) is 4.79 Å². The largest absolute Gasteiger partial charge is 0.497 e. The van der Waals surface area contributed by atoms with Crippen molar-refractivity contribution in [1.29, 1.82) is 0 Å². The minimum Gasteiger partial charge on any atom is -0.497 e. The number of hydrogen-bond donors (Lipinski definition) is 0. The van der Waals surface area contributed by atoms with E-state index in [1.807, 2.05) is 0 Å². The van der Waals surface area contributed by atoms with E-state index in [0.717, 1.165) is 0 Å². The number of rotatable bonds is 8. The molecule has 0 bridgehead atoms. The van der Waals surface area contributed by atoms with Crippen LogP contribution in [-0.2, 0) is 9.53 Å². The normalized spacial score (nSPS) is 10.5. The number of halogens is 1. The van der Waals surface area contributed by atoms with E-state index < -0.39 is 5.97 Å². The van der Waals surface area contributed by atoms with Gasteiger partial charge in [-0.05, 0) is 58.4 Å². The van der Waals surface area contributed by atoms with E-state index in [1.54, 1.807) is 43.5 Å². The Bertz CT molecular complexity index is 860. The Hall–Kier alpha value is -2.80. The molecule has 2 aromatic carbocycles. The first-order valence-corrected chi connectivity index (χ1v) is 8.71. The molecule has 0 atom stereocenters. The molecule has 0 aromatic heterocycles. The number of ether oxygens (including phenoxy) is 4. The van der Waals surface area contributed by atoms with E-state index in [1.165, 1.54) is 26.4 Å². The van der Waals surface area contributed by atoms with Crippen LogP contribution in [0.3, 0.4) is 0 Å². The summed E-state index contributed by atoms with van der Waals surface area (Å²) in [6.07, 6.45) is 2.77. The Balaban J connectivity index is 1.99. The Kier molecular flexibility index (Phi) is 7.43. The zero-order valence-electron chi connectivity index (χ0n) is 15.2. The van der Waals surface area contributed by atoms with E-state index in [4.69, 9.17) is 18.9 Å². The van der Waals surface area contributed by atoms with Gasteiger partial charge in [0.2, 0.25) is 0 Å². The zero-order chi connectivity index (χ0) is 19.8. The highest BCUT2D eigenvalue weighted by molar-refractivity contribution is 9.10. The summed E-state index contributed by atoms with van der Waals surface area (Å²) in [7, 11) is 4.61. The molecule has 0 spiro atoms. The number of Topliss-reactive ketones (excluding diaryl/α,β-unsaturated/α-hetero) is 1. The average molecular weight is 435 g/mol. The summed E-state index contributed by atoms with van der Waals surface area (Å²) in [4.78, 5) is 24.1. The average Bonchev–Trinajstić information content (AvgIpc) is 2.69. The number of carbonyl (C=O) groups excluding carboxylic acids is 2.